The third kappa shape index (κ3) is 3.76. The summed E-state index contributed by atoms with van der Waals surface area (Å²) in [6, 6.07) is 6.04. The fourth-order valence-corrected chi connectivity index (χ4v) is 2.98. The Hall–Kier alpha value is -1.55. The molecule has 116 valence electrons. The van der Waals surface area contributed by atoms with E-state index in [0.717, 1.165) is 42.6 Å². The number of carbonyl (C=O) groups excluding carboxylic acids is 1. The van der Waals surface area contributed by atoms with Crippen LogP contribution in [0, 0.1) is 12.8 Å². The van der Waals surface area contributed by atoms with E-state index < -0.39 is 0 Å². The number of hydrogen-bond acceptors (Lipinski definition) is 2. The van der Waals surface area contributed by atoms with Crippen molar-refractivity contribution in [3.8, 4) is 0 Å². The lowest BCUT2D eigenvalue weighted by Gasteiger charge is -2.34. The van der Waals surface area contributed by atoms with E-state index in [9.17, 15) is 9.90 Å². The molecule has 1 fully saturated rings. The number of likely N-dealkylation sites (tertiary alicyclic amines) is 1. The maximum Gasteiger partial charge on any atom is 0.321 e. The Morgan fingerprint density at radius 2 is 2.29 bits per heavy atom. The molecule has 1 heterocycles. The van der Waals surface area contributed by atoms with E-state index in [-0.39, 0.29) is 18.1 Å². The SMILES string of the molecule is CCc1cccc(C)c1NC(=O)N1CCCC(C(C)O)C1. The molecular weight excluding hydrogens is 264 g/mol. The number of aryl methyl sites for hydroxylation is 2. The molecule has 0 aromatic heterocycles. The molecule has 1 saturated heterocycles. The van der Waals surface area contributed by atoms with Gasteiger partial charge in [-0.1, -0.05) is 25.1 Å². The number of urea groups is 1. The number of hydrogen-bond donors (Lipinski definition) is 2. The molecule has 1 aromatic rings. The third-order valence-electron chi connectivity index (χ3n) is 4.40. The molecule has 2 unspecified atom stereocenters. The topological polar surface area (TPSA) is 52.6 Å². The van der Waals surface area contributed by atoms with Crippen molar-refractivity contribution in [2.24, 2.45) is 5.92 Å². The minimum atomic E-state index is -0.356. The number of aliphatic hydroxyl groups excluding tert-OH is 1. The number of anilines is 1. The lowest BCUT2D eigenvalue weighted by molar-refractivity contribution is 0.0766. The minimum absolute atomic E-state index is 0.0515. The van der Waals surface area contributed by atoms with E-state index in [2.05, 4.69) is 18.3 Å². The molecule has 2 N–H and O–H groups in total. The van der Waals surface area contributed by atoms with Gasteiger partial charge in [-0.2, -0.15) is 0 Å². The Bertz CT molecular complexity index is 500. The highest BCUT2D eigenvalue weighted by atomic mass is 16.3. The number of carbonyl (C=O) groups is 1. The predicted molar refractivity (Wildman–Crippen MR) is 85.6 cm³/mol. The minimum Gasteiger partial charge on any atom is -0.393 e. The lowest BCUT2D eigenvalue weighted by Crippen LogP contribution is -2.45. The smallest absolute Gasteiger partial charge is 0.321 e. The summed E-state index contributed by atoms with van der Waals surface area (Å²) in [4.78, 5) is 14.3. The van der Waals surface area contributed by atoms with Crippen LogP contribution in [0.2, 0.25) is 0 Å². The van der Waals surface area contributed by atoms with E-state index >= 15 is 0 Å². The second-order valence-electron chi connectivity index (χ2n) is 5.98. The van der Waals surface area contributed by atoms with Gasteiger partial charge in [0.15, 0.2) is 0 Å². The van der Waals surface area contributed by atoms with Gasteiger partial charge in [0.1, 0.15) is 0 Å². The van der Waals surface area contributed by atoms with Crippen LogP contribution in [0.3, 0.4) is 0 Å². The van der Waals surface area contributed by atoms with Crippen molar-refractivity contribution in [2.45, 2.75) is 46.1 Å². The van der Waals surface area contributed by atoms with E-state index in [0.29, 0.717) is 6.54 Å². The zero-order chi connectivity index (χ0) is 15.4. The van der Waals surface area contributed by atoms with Crippen LogP contribution in [-0.2, 0) is 6.42 Å². The Balaban J connectivity index is 2.08. The quantitative estimate of drug-likeness (QED) is 0.898. The van der Waals surface area contributed by atoms with Crippen molar-refractivity contribution in [1.82, 2.24) is 4.90 Å². The molecule has 1 aliphatic heterocycles. The van der Waals surface area contributed by atoms with Gasteiger partial charge in [0.2, 0.25) is 0 Å². The van der Waals surface area contributed by atoms with Crippen LogP contribution in [0.5, 0.6) is 0 Å². The Morgan fingerprint density at radius 3 is 2.95 bits per heavy atom. The largest absolute Gasteiger partial charge is 0.393 e. The first-order valence-corrected chi connectivity index (χ1v) is 7.85. The van der Waals surface area contributed by atoms with Crippen LogP contribution in [0.4, 0.5) is 10.5 Å². The highest BCUT2D eigenvalue weighted by molar-refractivity contribution is 5.91. The van der Waals surface area contributed by atoms with Gasteiger partial charge >= 0.3 is 6.03 Å². The van der Waals surface area contributed by atoms with Crippen LogP contribution < -0.4 is 5.32 Å². The molecule has 0 saturated carbocycles. The molecule has 2 rings (SSSR count). The number of para-hydroxylation sites is 1. The summed E-state index contributed by atoms with van der Waals surface area (Å²) >= 11 is 0. The second-order valence-corrected chi connectivity index (χ2v) is 5.98. The standard InChI is InChI=1S/C17H26N2O2/c1-4-14-8-5-7-12(2)16(14)18-17(21)19-10-6-9-15(11-19)13(3)20/h5,7-8,13,15,20H,4,6,9-11H2,1-3H3,(H,18,21). The summed E-state index contributed by atoms with van der Waals surface area (Å²) in [6.07, 6.45) is 2.49. The monoisotopic (exact) mass is 290 g/mol. The van der Waals surface area contributed by atoms with Crippen molar-refractivity contribution < 1.29 is 9.90 Å². The van der Waals surface area contributed by atoms with Gasteiger partial charge < -0.3 is 15.3 Å². The normalized spacial score (nSPS) is 20.2. The van der Waals surface area contributed by atoms with Crippen molar-refractivity contribution in [3.05, 3.63) is 29.3 Å². The maximum absolute atomic E-state index is 12.5. The average Bonchev–Trinajstić information content (AvgIpc) is 2.49. The predicted octanol–water partition coefficient (Wildman–Crippen LogP) is 3.18. The van der Waals surface area contributed by atoms with Crippen LogP contribution in [0.25, 0.3) is 0 Å². The molecular formula is C17H26N2O2. The molecule has 2 amide bonds. The summed E-state index contributed by atoms with van der Waals surface area (Å²) < 4.78 is 0. The molecule has 0 aliphatic carbocycles. The third-order valence-corrected chi connectivity index (χ3v) is 4.40. The van der Waals surface area contributed by atoms with Crippen LogP contribution in [-0.4, -0.2) is 35.2 Å². The van der Waals surface area contributed by atoms with E-state index in [1.165, 1.54) is 0 Å². The van der Waals surface area contributed by atoms with E-state index in [1.54, 1.807) is 0 Å². The number of benzene rings is 1. The summed E-state index contributed by atoms with van der Waals surface area (Å²) in [5.74, 6) is 0.187. The summed E-state index contributed by atoms with van der Waals surface area (Å²) in [7, 11) is 0. The van der Waals surface area contributed by atoms with Crippen molar-refractivity contribution >= 4 is 11.7 Å². The van der Waals surface area contributed by atoms with Gasteiger partial charge in [0, 0.05) is 24.7 Å². The number of piperidine rings is 1. The van der Waals surface area contributed by atoms with Crippen molar-refractivity contribution in [2.75, 3.05) is 18.4 Å². The first-order chi connectivity index (χ1) is 10.0. The number of nitrogens with one attached hydrogen (secondary N) is 1. The summed E-state index contributed by atoms with van der Waals surface area (Å²) in [6.45, 7) is 7.32. The van der Waals surface area contributed by atoms with Gasteiger partial charge in [-0.05, 0) is 44.2 Å². The highest BCUT2D eigenvalue weighted by Gasteiger charge is 2.26. The van der Waals surface area contributed by atoms with Gasteiger partial charge in [-0.15, -0.1) is 0 Å². The van der Waals surface area contributed by atoms with Crippen LogP contribution in [0.1, 0.15) is 37.8 Å². The van der Waals surface area contributed by atoms with Gasteiger partial charge in [-0.3, -0.25) is 0 Å². The average molecular weight is 290 g/mol. The van der Waals surface area contributed by atoms with Gasteiger partial charge in [0.25, 0.3) is 0 Å². The molecule has 1 aliphatic rings. The Labute approximate surface area is 127 Å². The van der Waals surface area contributed by atoms with Gasteiger partial charge in [-0.25, -0.2) is 4.79 Å². The molecule has 0 bridgehead atoms. The van der Waals surface area contributed by atoms with Crippen molar-refractivity contribution in [1.29, 1.82) is 0 Å². The number of rotatable bonds is 3. The van der Waals surface area contributed by atoms with E-state index in [1.807, 2.05) is 30.9 Å². The molecule has 1 aromatic carbocycles. The Morgan fingerprint density at radius 1 is 1.52 bits per heavy atom. The van der Waals surface area contributed by atoms with Crippen LogP contribution >= 0.6 is 0 Å². The zero-order valence-electron chi connectivity index (χ0n) is 13.2. The first-order valence-electron chi connectivity index (χ1n) is 7.85. The fourth-order valence-electron chi connectivity index (χ4n) is 2.98. The van der Waals surface area contributed by atoms with Gasteiger partial charge in [0.05, 0.1) is 6.10 Å². The molecule has 21 heavy (non-hydrogen) atoms. The fraction of sp³-hybridized carbons (Fsp3) is 0.588. The maximum atomic E-state index is 12.5. The van der Waals surface area contributed by atoms with Crippen molar-refractivity contribution in [3.63, 3.8) is 0 Å². The highest BCUT2D eigenvalue weighted by Crippen LogP contribution is 2.24. The summed E-state index contributed by atoms with van der Waals surface area (Å²) in [5, 5.41) is 12.8. The molecule has 0 radical (unpaired) electrons. The number of nitrogens with zero attached hydrogens (tertiary/aromatic N) is 1. The molecule has 4 heteroatoms. The lowest BCUT2D eigenvalue weighted by atomic mass is 9.94. The number of aliphatic hydroxyl groups is 1. The second kappa shape index (κ2) is 6.94. The molecule has 2 atom stereocenters. The summed E-state index contributed by atoms with van der Waals surface area (Å²) in [5.41, 5.74) is 3.18. The van der Waals surface area contributed by atoms with E-state index in [4.69, 9.17) is 0 Å². The zero-order valence-corrected chi connectivity index (χ0v) is 13.2. The number of amides is 2. The van der Waals surface area contributed by atoms with Crippen LogP contribution in [0.15, 0.2) is 18.2 Å². The Kier molecular flexibility index (Phi) is 5.23. The molecule has 0 spiro atoms. The first kappa shape index (κ1) is 15.8. The molecule has 4 nitrogen and oxygen atoms in total.